The van der Waals surface area contributed by atoms with Crippen LogP contribution in [0.15, 0.2) is 72.8 Å². The number of carbonyl (C=O) groups is 3. The number of benzene rings is 4. The van der Waals surface area contributed by atoms with Gasteiger partial charge in [0, 0.05) is 0 Å². The molecule has 0 atom stereocenters. The molecule has 5 rings (SSSR count). The van der Waals surface area contributed by atoms with Crippen LogP contribution < -0.4 is 0 Å². The van der Waals surface area contributed by atoms with E-state index in [0.717, 1.165) is 21.5 Å². The van der Waals surface area contributed by atoms with Gasteiger partial charge in [-0.3, -0.25) is 4.79 Å². The second-order valence-corrected chi connectivity index (χ2v) is 7.18. The van der Waals surface area contributed by atoms with Crippen LogP contribution in [0.25, 0.3) is 32.7 Å². The third kappa shape index (κ3) is 3.10. The van der Waals surface area contributed by atoms with Gasteiger partial charge in [-0.05, 0) is 56.9 Å². The van der Waals surface area contributed by atoms with Crippen LogP contribution in [0.5, 0.6) is 0 Å². The van der Waals surface area contributed by atoms with E-state index in [0.29, 0.717) is 22.3 Å². The quantitative estimate of drug-likeness (QED) is 0.408. The third-order valence-electron chi connectivity index (χ3n) is 5.23. The molecule has 146 valence electrons. The average molecular weight is 396 g/mol. The summed E-state index contributed by atoms with van der Waals surface area (Å²) in [4.78, 5) is 37.8. The Morgan fingerprint density at radius 3 is 1.20 bits per heavy atom. The van der Waals surface area contributed by atoms with Crippen LogP contribution in [-0.2, 0) is 14.3 Å². The van der Waals surface area contributed by atoms with Crippen LogP contribution in [0.3, 0.4) is 0 Å². The van der Waals surface area contributed by atoms with Crippen molar-refractivity contribution in [3.8, 4) is 11.1 Å². The summed E-state index contributed by atoms with van der Waals surface area (Å²) in [5.74, 6) is -1.71. The van der Waals surface area contributed by atoms with E-state index in [4.69, 9.17) is 9.47 Å². The number of cyclic esters (lactones) is 2. The standard InChI is InChI=1S/C25H16O5/c26-19-13-29-24(27)22-11-17-7-3-1-5-15(17)9-20(22)21-10-16-6-2-4-8-18(16)12-23(21)25(28)30-14-19/h1-12H,13-14H2. The number of hydrogen-bond donors (Lipinski definition) is 0. The van der Waals surface area contributed by atoms with E-state index < -0.39 is 30.9 Å². The lowest BCUT2D eigenvalue weighted by Gasteiger charge is -2.14. The fraction of sp³-hybridized carbons (Fsp3) is 0.0800. The number of ether oxygens (including phenoxy) is 2. The predicted octanol–water partition coefficient (Wildman–Crippen LogP) is 4.56. The van der Waals surface area contributed by atoms with E-state index in [-0.39, 0.29) is 0 Å². The summed E-state index contributed by atoms with van der Waals surface area (Å²) in [5.41, 5.74) is 1.72. The molecule has 30 heavy (non-hydrogen) atoms. The molecule has 0 aromatic heterocycles. The maximum absolute atomic E-state index is 12.9. The van der Waals surface area contributed by atoms with E-state index in [1.54, 1.807) is 12.1 Å². The van der Waals surface area contributed by atoms with E-state index in [1.807, 2.05) is 60.7 Å². The third-order valence-corrected chi connectivity index (χ3v) is 5.23. The first kappa shape index (κ1) is 18.1. The zero-order valence-corrected chi connectivity index (χ0v) is 15.9. The van der Waals surface area contributed by atoms with Gasteiger partial charge in [0.15, 0.2) is 13.2 Å². The van der Waals surface area contributed by atoms with Crippen molar-refractivity contribution in [1.82, 2.24) is 0 Å². The number of esters is 2. The molecule has 0 bridgehead atoms. The van der Waals surface area contributed by atoms with Crippen molar-refractivity contribution >= 4 is 39.3 Å². The molecule has 5 nitrogen and oxygen atoms in total. The van der Waals surface area contributed by atoms with Gasteiger partial charge in [-0.1, -0.05) is 48.5 Å². The maximum atomic E-state index is 12.9. The molecule has 1 heterocycles. The van der Waals surface area contributed by atoms with Crippen LogP contribution in [0.4, 0.5) is 0 Å². The minimum Gasteiger partial charge on any atom is -0.454 e. The Labute approximate surface area is 171 Å². The van der Waals surface area contributed by atoms with Crippen molar-refractivity contribution in [2.24, 2.45) is 0 Å². The monoisotopic (exact) mass is 396 g/mol. The lowest BCUT2D eigenvalue weighted by atomic mass is 9.90. The molecular weight excluding hydrogens is 380 g/mol. The minimum atomic E-state index is -0.613. The molecule has 0 saturated carbocycles. The smallest absolute Gasteiger partial charge is 0.339 e. The zero-order valence-electron chi connectivity index (χ0n) is 15.9. The number of rotatable bonds is 0. The Hall–Kier alpha value is -3.99. The molecular formula is C25H16O5. The van der Waals surface area contributed by atoms with Crippen LogP contribution in [0.2, 0.25) is 0 Å². The molecule has 1 aliphatic rings. The average Bonchev–Trinajstić information content (AvgIpc) is 2.80. The molecule has 0 amide bonds. The largest absolute Gasteiger partial charge is 0.454 e. The van der Waals surface area contributed by atoms with Crippen molar-refractivity contribution in [2.45, 2.75) is 0 Å². The van der Waals surface area contributed by atoms with Crippen molar-refractivity contribution in [3.63, 3.8) is 0 Å². The summed E-state index contributed by atoms with van der Waals surface area (Å²) < 4.78 is 10.4. The Bertz CT molecular complexity index is 1250. The number of Topliss-reactive ketones (excluding diaryl/α,β-unsaturated/α-hetero) is 1. The fourth-order valence-corrected chi connectivity index (χ4v) is 3.75. The molecule has 5 heteroatoms. The van der Waals surface area contributed by atoms with E-state index >= 15 is 0 Å². The summed E-state index contributed by atoms with van der Waals surface area (Å²) >= 11 is 0. The second kappa shape index (κ2) is 7.12. The summed E-state index contributed by atoms with van der Waals surface area (Å²) in [6, 6.07) is 22.5. The van der Waals surface area contributed by atoms with Gasteiger partial charge in [-0.2, -0.15) is 0 Å². The van der Waals surface area contributed by atoms with Crippen molar-refractivity contribution < 1.29 is 23.9 Å². The van der Waals surface area contributed by atoms with Crippen molar-refractivity contribution in [3.05, 3.63) is 83.9 Å². The predicted molar refractivity (Wildman–Crippen MR) is 112 cm³/mol. The van der Waals surface area contributed by atoms with Gasteiger partial charge in [0.05, 0.1) is 11.1 Å². The number of hydrogen-bond acceptors (Lipinski definition) is 5. The van der Waals surface area contributed by atoms with E-state index in [9.17, 15) is 14.4 Å². The van der Waals surface area contributed by atoms with Crippen LogP contribution in [-0.4, -0.2) is 30.9 Å². The molecule has 0 fully saturated rings. The summed E-state index contributed by atoms with van der Waals surface area (Å²) in [7, 11) is 0. The lowest BCUT2D eigenvalue weighted by Crippen LogP contribution is -2.20. The Balaban J connectivity index is 1.86. The molecule has 4 aromatic rings. The van der Waals surface area contributed by atoms with Gasteiger partial charge in [0.2, 0.25) is 5.78 Å². The maximum Gasteiger partial charge on any atom is 0.339 e. The van der Waals surface area contributed by atoms with Gasteiger partial charge in [-0.15, -0.1) is 0 Å². The number of carbonyl (C=O) groups excluding carboxylic acids is 3. The zero-order chi connectivity index (χ0) is 20.7. The second-order valence-electron chi connectivity index (χ2n) is 7.18. The summed E-state index contributed by atoms with van der Waals surface area (Å²) in [6.45, 7) is -0.895. The van der Waals surface area contributed by atoms with Gasteiger partial charge in [0.1, 0.15) is 0 Å². The summed E-state index contributed by atoms with van der Waals surface area (Å²) in [5, 5.41) is 3.56. The molecule has 1 aliphatic heterocycles. The first-order chi connectivity index (χ1) is 14.6. The Morgan fingerprint density at radius 2 is 0.833 bits per heavy atom. The van der Waals surface area contributed by atoms with Crippen LogP contribution in [0.1, 0.15) is 20.7 Å². The Kier molecular flexibility index (Phi) is 4.29. The lowest BCUT2D eigenvalue weighted by molar-refractivity contribution is -0.125. The molecule has 0 N–H and O–H groups in total. The molecule has 0 aliphatic carbocycles. The fourth-order valence-electron chi connectivity index (χ4n) is 3.75. The molecule has 4 aromatic carbocycles. The van der Waals surface area contributed by atoms with E-state index in [1.165, 1.54) is 0 Å². The molecule has 0 saturated heterocycles. The first-order valence-electron chi connectivity index (χ1n) is 9.52. The van der Waals surface area contributed by atoms with Gasteiger partial charge >= 0.3 is 11.9 Å². The highest BCUT2D eigenvalue weighted by atomic mass is 16.6. The highest BCUT2D eigenvalue weighted by molar-refractivity contribution is 6.10. The number of ketones is 1. The number of fused-ring (bicyclic) bond motifs is 5. The van der Waals surface area contributed by atoms with Crippen molar-refractivity contribution in [2.75, 3.05) is 13.2 Å². The Morgan fingerprint density at radius 1 is 0.500 bits per heavy atom. The van der Waals surface area contributed by atoms with E-state index in [2.05, 4.69) is 0 Å². The van der Waals surface area contributed by atoms with Crippen LogP contribution >= 0.6 is 0 Å². The highest BCUT2D eigenvalue weighted by Gasteiger charge is 2.24. The first-order valence-corrected chi connectivity index (χ1v) is 9.52. The highest BCUT2D eigenvalue weighted by Crippen LogP contribution is 2.35. The molecule has 0 unspecified atom stereocenters. The molecule has 0 spiro atoms. The SMILES string of the molecule is O=C1COC(=O)c2cc3ccccc3cc2-c2cc3ccccc3cc2C(=O)OC1. The van der Waals surface area contributed by atoms with Gasteiger partial charge < -0.3 is 9.47 Å². The van der Waals surface area contributed by atoms with Gasteiger partial charge in [0.25, 0.3) is 0 Å². The topological polar surface area (TPSA) is 69.7 Å². The summed E-state index contributed by atoms with van der Waals surface area (Å²) in [6.07, 6.45) is 0. The molecule has 0 radical (unpaired) electrons. The van der Waals surface area contributed by atoms with Crippen LogP contribution in [0, 0.1) is 0 Å². The normalized spacial score (nSPS) is 14.5. The minimum absolute atomic E-state index is 0.299. The van der Waals surface area contributed by atoms with Crippen molar-refractivity contribution in [1.29, 1.82) is 0 Å². The van der Waals surface area contributed by atoms with Gasteiger partial charge in [-0.25, -0.2) is 9.59 Å².